The van der Waals surface area contributed by atoms with Crippen molar-refractivity contribution in [2.45, 2.75) is 6.54 Å². The molecule has 0 aliphatic carbocycles. The quantitative estimate of drug-likeness (QED) is 0.772. The first kappa shape index (κ1) is 8.28. The van der Waals surface area contributed by atoms with Crippen LogP contribution in [0, 0.1) is 0 Å². The van der Waals surface area contributed by atoms with E-state index in [1.807, 2.05) is 5.38 Å². The normalized spacial score (nSPS) is 10.2. The van der Waals surface area contributed by atoms with Crippen LogP contribution in [0.2, 0.25) is 0 Å². The molecule has 0 aromatic carbocycles. The molecule has 0 atom stereocenters. The standard InChI is InChI=1S/C8H8N4S/c9-3-6-1-2-10-8(12-6)7-4-13-5-11-7/h1-2,4-5H,3,9H2. The van der Waals surface area contributed by atoms with Crippen molar-refractivity contribution in [3.8, 4) is 11.5 Å². The zero-order valence-corrected chi connectivity index (χ0v) is 7.66. The molecule has 2 heterocycles. The maximum atomic E-state index is 5.46. The average Bonchev–Trinajstić information content (AvgIpc) is 2.71. The second-order valence-electron chi connectivity index (χ2n) is 2.45. The molecule has 0 radical (unpaired) electrons. The molecule has 0 aliphatic heterocycles. The fourth-order valence-electron chi connectivity index (χ4n) is 0.956. The number of aromatic nitrogens is 3. The van der Waals surface area contributed by atoms with E-state index in [9.17, 15) is 0 Å². The van der Waals surface area contributed by atoms with Gasteiger partial charge >= 0.3 is 0 Å². The minimum atomic E-state index is 0.430. The molecule has 0 amide bonds. The Morgan fingerprint density at radius 2 is 2.31 bits per heavy atom. The van der Waals surface area contributed by atoms with Crippen molar-refractivity contribution < 1.29 is 0 Å². The highest BCUT2D eigenvalue weighted by Crippen LogP contribution is 2.13. The van der Waals surface area contributed by atoms with Crippen LogP contribution in [0.15, 0.2) is 23.2 Å². The topological polar surface area (TPSA) is 64.7 Å². The number of hydrogen-bond acceptors (Lipinski definition) is 5. The van der Waals surface area contributed by atoms with Crippen molar-refractivity contribution in [2.75, 3.05) is 0 Å². The number of nitrogens with zero attached hydrogens (tertiary/aromatic N) is 3. The number of thiazole rings is 1. The van der Waals surface area contributed by atoms with Crippen LogP contribution in [0.3, 0.4) is 0 Å². The van der Waals surface area contributed by atoms with Crippen molar-refractivity contribution in [1.82, 2.24) is 15.0 Å². The lowest BCUT2D eigenvalue weighted by atomic mass is 10.4. The van der Waals surface area contributed by atoms with Gasteiger partial charge in [0.15, 0.2) is 5.82 Å². The molecule has 0 bridgehead atoms. The Bertz CT molecular complexity index is 385. The summed E-state index contributed by atoms with van der Waals surface area (Å²) in [6, 6.07) is 1.80. The summed E-state index contributed by atoms with van der Waals surface area (Å²) in [5, 5.41) is 1.91. The molecule has 0 spiro atoms. The lowest BCUT2D eigenvalue weighted by Crippen LogP contribution is -2.01. The molecular formula is C8H8N4S. The molecule has 4 nitrogen and oxygen atoms in total. The van der Waals surface area contributed by atoms with Crippen LogP contribution >= 0.6 is 11.3 Å². The van der Waals surface area contributed by atoms with Crippen LogP contribution < -0.4 is 5.73 Å². The summed E-state index contributed by atoms with van der Waals surface area (Å²) in [7, 11) is 0. The SMILES string of the molecule is NCc1ccnc(-c2cscn2)n1. The molecule has 0 saturated heterocycles. The summed E-state index contributed by atoms with van der Waals surface area (Å²) in [5.41, 5.74) is 8.86. The molecule has 2 rings (SSSR count). The third-order valence-electron chi connectivity index (χ3n) is 1.58. The Hall–Kier alpha value is -1.33. The van der Waals surface area contributed by atoms with Gasteiger partial charge in [-0.25, -0.2) is 15.0 Å². The Morgan fingerprint density at radius 1 is 1.38 bits per heavy atom. The maximum Gasteiger partial charge on any atom is 0.179 e. The first-order chi connectivity index (χ1) is 6.40. The zero-order chi connectivity index (χ0) is 9.10. The highest BCUT2D eigenvalue weighted by Gasteiger charge is 2.02. The van der Waals surface area contributed by atoms with Gasteiger partial charge in [0.1, 0.15) is 5.69 Å². The van der Waals surface area contributed by atoms with Crippen molar-refractivity contribution in [3.63, 3.8) is 0 Å². The van der Waals surface area contributed by atoms with Gasteiger partial charge in [-0.1, -0.05) is 0 Å². The Kier molecular flexibility index (Phi) is 2.29. The summed E-state index contributed by atoms with van der Waals surface area (Å²) >= 11 is 1.53. The molecule has 2 aromatic rings. The molecule has 0 unspecified atom stereocenters. The fraction of sp³-hybridized carbons (Fsp3) is 0.125. The average molecular weight is 192 g/mol. The van der Waals surface area contributed by atoms with Crippen LogP contribution in [0.25, 0.3) is 11.5 Å². The van der Waals surface area contributed by atoms with Crippen LogP contribution in [0.1, 0.15) is 5.69 Å². The van der Waals surface area contributed by atoms with E-state index in [4.69, 9.17) is 5.73 Å². The minimum Gasteiger partial charge on any atom is -0.325 e. The minimum absolute atomic E-state index is 0.430. The summed E-state index contributed by atoms with van der Waals surface area (Å²) in [4.78, 5) is 12.5. The van der Waals surface area contributed by atoms with Gasteiger partial charge in [0.25, 0.3) is 0 Å². The molecule has 2 N–H and O–H groups in total. The van der Waals surface area contributed by atoms with Gasteiger partial charge in [0.2, 0.25) is 0 Å². The fourth-order valence-corrected chi connectivity index (χ4v) is 1.49. The number of nitrogens with two attached hydrogens (primary N) is 1. The second-order valence-corrected chi connectivity index (χ2v) is 3.17. The predicted octanol–water partition coefficient (Wildman–Crippen LogP) is 1.06. The van der Waals surface area contributed by atoms with Crippen molar-refractivity contribution in [2.24, 2.45) is 5.73 Å². The lowest BCUT2D eigenvalue weighted by molar-refractivity contribution is 0.966. The molecule has 5 heteroatoms. The van der Waals surface area contributed by atoms with Crippen LogP contribution in [-0.4, -0.2) is 15.0 Å². The van der Waals surface area contributed by atoms with E-state index in [1.165, 1.54) is 11.3 Å². The van der Waals surface area contributed by atoms with E-state index in [1.54, 1.807) is 17.8 Å². The molecule has 66 valence electrons. The highest BCUT2D eigenvalue weighted by molar-refractivity contribution is 7.07. The zero-order valence-electron chi connectivity index (χ0n) is 6.84. The summed E-state index contributed by atoms with van der Waals surface area (Å²) < 4.78 is 0. The number of hydrogen-bond donors (Lipinski definition) is 1. The summed E-state index contributed by atoms with van der Waals surface area (Å²) in [5.74, 6) is 0.643. The van der Waals surface area contributed by atoms with E-state index >= 15 is 0 Å². The Morgan fingerprint density at radius 3 is 3.00 bits per heavy atom. The molecular weight excluding hydrogens is 184 g/mol. The van der Waals surface area contributed by atoms with Crippen molar-refractivity contribution in [3.05, 3.63) is 28.8 Å². The van der Waals surface area contributed by atoms with Gasteiger partial charge in [-0.2, -0.15) is 0 Å². The molecule has 0 fully saturated rings. The first-order valence-electron chi connectivity index (χ1n) is 3.80. The molecule has 13 heavy (non-hydrogen) atoms. The van der Waals surface area contributed by atoms with Crippen molar-refractivity contribution in [1.29, 1.82) is 0 Å². The van der Waals surface area contributed by atoms with E-state index < -0.39 is 0 Å². The largest absolute Gasteiger partial charge is 0.325 e. The smallest absolute Gasteiger partial charge is 0.179 e. The van der Waals surface area contributed by atoms with Gasteiger partial charge in [-0.3, -0.25) is 0 Å². The summed E-state index contributed by atoms with van der Waals surface area (Å²) in [6.07, 6.45) is 1.70. The van der Waals surface area contributed by atoms with E-state index in [0.717, 1.165) is 11.4 Å². The highest BCUT2D eigenvalue weighted by atomic mass is 32.1. The first-order valence-corrected chi connectivity index (χ1v) is 4.75. The third kappa shape index (κ3) is 1.71. The number of rotatable bonds is 2. The van der Waals surface area contributed by atoms with Gasteiger partial charge in [0, 0.05) is 18.1 Å². The summed E-state index contributed by atoms with van der Waals surface area (Å²) in [6.45, 7) is 0.430. The van der Waals surface area contributed by atoms with Crippen molar-refractivity contribution >= 4 is 11.3 Å². The van der Waals surface area contributed by atoms with Gasteiger partial charge < -0.3 is 5.73 Å². The van der Waals surface area contributed by atoms with Gasteiger partial charge in [0.05, 0.1) is 11.2 Å². The molecule has 0 saturated carbocycles. The monoisotopic (exact) mass is 192 g/mol. The molecule has 0 aliphatic rings. The Balaban J connectivity index is 2.41. The van der Waals surface area contributed by atoms with E-state index in [2.05, 4.69) is 15.0 Å². The molecule has 2 aromatic heterocycles. The van der Waals surface area contributed by atoms with Crippen LogP contribution in [0.4, 0.5) is 0 Å². The third-order valence-corrected chi connectivity index (χ3v) is 2.17. The Labute approximate surface area is 79.5 Å². The van der Waals surface area contributed by atoms with Gasteiger partial charge in [-0.05, 0) is 6.07 Å². The van der Waals surface area contributed by atoms with Crippen LogP contribution in [-0.2, 0) is 6.54 Å². The lowest BCUT2D eigenvalue weighted by Gasteiger charge is -1.97. The second kappa shape index (κ2) is 3.59. The predicted molar refractivity (Wildman–Crippen MR) is 51.0 cm³/mol. The van der Waals surface area contributed by atoms with E-state index in [0.29, 0.717) is 12.4 Å². The van der Waals surface area contributed by atoms with Gasteiger partial charge in [-0.15, -0.1) is 11.3 Å². The van der Waals surface area contributed by atoms with E-state index in [-0.39, 0.29) is 0 Å². The maximum absolute atomic E-state index is 5.46. The van der Waals surface area contributed by atoms with Crippen LogP contribution in [0.5, 0.6) is 0 Å².